The maximum absolute atomic E-state index is 12.7. The predicted molar refractivity (Wildman–Crippen MR) is 247 cm³/mol. The zero-order valence-electron chi connectivity index (χ0n) is 38.6. The van der Waals surface area contributed by atoms with Crippen molar-refractivity contribution in [2.45, 2.75) is 264 Å². The van der Waals surface area contributed by atoms with Crippen LogP contribution in [0.1, 0.15) is 258 Å². The highest BCUT2D eigenvalue weighted by atomic mass is 16.6. The molecule has 0 aromatic heterocycles. The van der Waals surface area contributed by atoms with Gasteiger partial charge in [0.1, 0.15) is 13.2 Å². The van der Waals surface area contributed by atoms with Gasteiger partial charge in [0.05, 0.1) is 0 Å². The van der Waals surface area contributed by atoms with E-state index in [4.69, 9.17) is 14.2 Å². The van der Waals surface area contributed by atoms with Gasteiger partial charge in [0.2, 0.25) is 0 Å². The molecule has 338 valence electrons. The molecule has 0 spiro atoms. The van der Waals surface area contributed by atoms with Crippen molar-refractivity contribution in [3.63, 3.8) is 0 Å². The summed E-state index contributed by atoms with van der Waals surface area (Å²) in [6.07, 6.45) is 54.2. The third kappa shape index (κ3) is 44.7. The molecule has 0 aliphatic carbocycles. The van der Waals surface area contributed by atoms with Crippen LogP contribution in [0.3, 0.4) is 0 Å². The topological polar surface area (TPSA) is 78.9 Å². The summed E-state index contributed by atoms with van der Waals surface area (Å²) in [6.45, 7) is 6.53. The largest absolute Gasteiger partial charge is 0.462 e. The Bertz CT molecular complexity index is 984. The second-order valence-corrected chi connectivity index (χ2v) is 16.8. The summed E-state index contributed by atoms with van der Waals surface area (Å²) in [7, 11) is 0. The fourth-order valence-electron chi connectivity index (χ4n) is 7.05. The minimum Gasteiger partial charge on any atom is -0.462 e. The van der Waals surface area contributed by atoms with Gasteiger partial charge in [-0.2, -0.15) is 0 Å². The standard InChI is InChI=1S/C52H94O6/c1-4-7-10-13-16-19-22-23-24-25-26-27-28-31-33-36-39-42-45-51(54)57-48-49(58-52(55)46-43-40-37-34-30-21-18-15-12-9-6-3)47-56-50(53)44-41-38-35-32-29-20-17-14-11-8-5-2/h14-15,17-18,21,30,49H,4-13,16,19-20,22-29,31-48H2,1-3H3/b17-14-,18-15-,30-21-. The number of carbonyl (C=O) groups is 3. The fourth-order valence-corrected chi connectivity index (χ4v) is 7.05. The van der Waals surface area contributed by atoms with E-state index < -0.39 is 6.10 Å². The number of rotatable bonds is 45. The van der Waals surface area contributed by atoms with Gasteiger partial charge in [-0.3, -0.25) is 14.4 Å². The molecular weight excluding hydrogens is 721 g/mol. The van der Waals surface area contributed by atoms with E-state index in [-0.39, 0.29) is 31.1 Å². The number of esters is 3. The van der Waals surface area contributed by atoms with Gasteiger partial charge >= 0.3 is 17.9 Å². The number of unbranched alkanes of at least 4 members (excludes halogenated alkanes) is 29. The van der Waals surface area contributed by atoms with Gasteiger partial charge in [-0.25, -0.2) is 0 Å². The van der Waals surface area contributed by atoms with Gasteiger partial charge in [-0.1, -0.05) is 218 Å². The minimum absolute atomic E-state index is 0.0830. The first kappa shape index (κ1) is 55.6. The Kier molecular flexibility index (Phi) is 45.4. The average Bonchev–Trinajstić information content (AvgIpc) is 3.22. The highest BCUT2D eigenvalue weighted by Gasteiger charge is 2.19. The van der Waals surface area contributed by atoms with Gasteiger partial charge < -0.3 is 14.2 Å². The maximum Gasteiger partial charge on any atom is 0.306 e. The molecule has 0 aromatic rings. The summed E-state index contributed by atoms with van der Waals surface area (Å²) in [5.41, 5.74) is 0. The molecule has 0 aliphatic rings. The van der Waals surface area contributed by atoms with Crippen LogP contribution in [-0.4, -0.2) is 37.2 Å². The Balaban J connectivity index is 4.30. The zero-order valence-corrected chi connectivity index (χ0v) is 38.6. The Morgan fingerprint density at radius 1 is 0.345 bits per heavy atom. The van der Waals surface area contributed by atoms with Gasteiger partial charge in [-0.15, -0.1) is 0 Å². The van der Waals surface area contributed by atoms with Crippen molar-refractivity contribution in [1.29, 1.82) is 0 Å². The Morgan fingerprint density at radius 2 is 0.638 bits per heavy atom. The predicted octanol–water partition coefficient (Wildman–Crippen LogP) is 16.1. The third-order valence-electron chi connectivity index (χ3n) is 10.9. The van der Waals surface area contributed by atoms with Crippen molar-refractivity contribution in [2.75, 3.05) is 13.2 Å². The summed E-state index contributed by atoms with van der Waals surface area (Å²) in [5.74, 6) is -0.915. The molecule has 0 saturated carbocycles. The summed E-state index contributed by atoms with van der Waals surface area (Å²) in [4.78, 5) is 37.8. The normalized spacial score (nSPS) is 12.3. The lowest BCUT2D eigenvalue weighted by Gasteiger charge is -2.18. The van der Waals surface area contributed by atoms with E-state index >= 15 is 0 Å². The molecule has 1 unspecified atom stereocenters. The Hall–Kier alpha value is -2.37. The fraction of sp³-hybridized carbons (Fsp3) is 0.827. The first-order valence-corrected chi connectivity index (χ1v) is 25.0. The van der Waals surface area contributed by atoms with Crippen LogP contribution in [0.4, 0.5) is 0 Å². The molecule has 0 heterocycles. The molecule has 6 nitrogen and oxygen atoms in total. The number of ether oxygens (including phenoxy) is 3. The molecule has 0 N–H and O–H groups in total. The van der Waals surface area contributed by atoms with Crippen molar-refractivity contribution in [1.82, 2.24) is 0 Å². The number of carbonyl (C=O) groups excluding carboxylic acids is 3. The monoisotopic (exact) mass is 815 g/mol. The molecule has 0 saturated heterocycles. The van der Waals surface area contributed by atoms with E-state index in [1.54, 1.807) is 0 Å². The van der Waals surface area contributed by atoms with Crippen LogP contribution in [0, 0.1) is 0 Å². The molecule has 6 heteroatoms. The molecule has 1 atom stereocenters. The van der Waals surface area contributed by atoms with Crippen LogP contribution in [0.2, 0.25) is 0 Å². The van der Waals surface area contributed by atoms with Crippen LogP contribution in [0.15, 0.2) is 36.5 Å². The quantitative estimate of drug-likeness (QED) is 0.0200. The first-order chi connectivity index (χ1) is 28.5. The Labute approximate surface area is 359 Å². The summed E-state index contributed by atoms with van der Waals surface area (Å²) >= 11 is 0. The molecule has 0 aromatic carbocycles. The van der Waals surface area contributed by atoms with Crippen LogP contribution in [-0.2, 0) is 28.6 Å². The smallest absolute Gasteiger partial charge is 0.306 e. The average molecular weight is 815 g/mol. The van der Waals surface area contributed by atoms with E-state index in [0.717, 1.165) is 77.0 Å². The molecule has 0 radical (unpaired) electrons. The number of hydrogen-bond donors (Lipinski definition) is 0. The van der Waals surface area contributed by atoms with Crippen molar-refractivity contribution < 1.29 is 28.6 Å². The van der Waals surface area contributed by atoms with Crippen LogP contribution >= 0.6 is 0 Å². The van der Waals surface area contributed by atoms with Crippen LogP contribution in [0.5, 0.6) is 0 Å². The second kappa shape index (κ2) is 47.3. The van der Waals surface area contributed by atoms with E-state index in [0.29, 0.717) is 19.3 Å². The van der Waals surface area contributed by atoms with E-state index in [2.05, 4.69) is 57.2 Å². The lowest BCUT2D eigenvalue weighted by atomic mass is 10.0. The first-order valence-electron chi connectivity index (χ1n) is 25.0. The SMILES string of the molecule is CCCC/C=C\C=C/CCCCCC(=O)OC(COC(=O)CCCCCCC/C=C\CCCC)COC(=O)CCCCCCCCCCCCCCCCCCCC. The molecule has 0 fully saturated rings. The van der Waals surface area contributed by atoms with Gasteiger partial charge in [0.25, 0.3) is 0 Å². The van der Waals surface area contributed by atoms with Crippen molar-refractivity contribution >= 4 is 17.9 Å². The second-order valence-electron chi connectivity index (χ2n) is 16.8. The number of hydrogen-bond acceptors (Lipinski definition) is 6. The van der Waals surface area contributed by atoms with Crippen molar-refractivity contribution in [3.05, 3.63) is 36.5 Å². The highest BCUT2D eigenvalue weighted by Crippen LogP contribution is 2.16. The summed E-state index contributed by atoms with van der Waals surface area (Å²) < 4.78 is 16.7. The van der Waals surface area contributed by atoms with Crippen LogP contribution in [0.25, 0.3) is 0 Å². The molecular formula is C52H94O6. The van der Waals surface area contributed by atoms with Gasteiger partial charge in [0.15, 0.2) is 6.10 Å². The van der Waals surface area contributed by atoms with E-state index in [9.17, 15) is 14.4 Å². The lowest BCUT2D eigenvalue weighted by molar-refractivity contribution is -0.167. The molecule has 0 bridgehead atoms. The minimum atomic E-state index is -0.784. The summed E-state index contributed by atoms with van der Waals surface area (Å²) in [5, 5.41) is 0. The van der Waals surface area contributed by atoms with Gasteiger partial charge in [-0.05, 0) is 57.8 Å². The molecule has 0 rings (SSSR count). The lowest BCUT2D eigenvalue weighted by Crippen LogP contribution is -2.30. The highest BCUT2D eigenvalue weighted by molar-refractivity contribution is 5.71. The molecule has 58 heavy (non-hydrogen) atoms. The van der Waals surface area contributed by atoms with Crippen LogP contribution < -0.4 is 0 Å². The number of allylic oxidation sites excluding steroid dienone is 6. The van der Waals surface area contributed by atoms with Gasteiger partial charge in [0, 0.05) is 19.3 Å². The van der Waals surface area contributed by atoms with E-state index in [1.165, 1.54) is 141 Å². The molecule has 0 aliphatic heterocycles. The summed E-state index contributed by atoms with van der Waals surface area (Å²) in [6, 6.07) is 0. The zero-order chi connectivity index (χ0) is 42.3. The Morgan fingerprint density at radius 3 is 1.05 bits per heavy atom. The van der Waals surface area contributed by atoms with Crippen molar-refractivity contribution in [3.8, 4) is 0 Å². The van der Waals surface area contributed by atoms with Crippen molar-refractivity contribution in [2.24, 2.45) is 0 Å². The van der Waals surface area contributed by atoms with E-state index in [1.807, 2.05) is 0 Å². The molecule has 0 amide bonds. The maximum atomic E-state index is 12.7. The third-order valence-corrected chi connectivity index (χ3v) is 10.9.